The lowest BCUT2D eigenvalue weighted by atomic mass is 10.1. The topological polar surface area (TPSA) is 83.6 Å². The molecule has 1 aliphatic rings. The second-order valence-corrected chi connectivity index (χ2v) is 7.98. The second-order valence-electron chi connectivity index (χ2n) is 7.98. The number of hydrogen-bond acceptors (Lipinski definition) is 5. The zero-order chi connectivity index (χ0) is 25.5. The minimum absolute atomic E-state index is 0.0299. The van der Waals surface area contributed by atoms with E-state index in [4.69, 9.17) is 4.74 Å². The van der Waals surface area contributed by atoms with Crippen LogP contribution in [0.1, 0.15) is 21.5 Å². The van der Waals surface area contributed by atoms with Crippen LogP contribution >= 0.6 is 0 Å². The molecule has 1 saturated heterocycles. The van der Waals surface area contributed by atoms with Crippen LogP contribution in [0.15, 0.2) is 72.9 Å². The zero-order valence-corrected chi connectivity index (χ0v) is 19.1. The van der Waals surface area contributed by atoms with Crippen LogP contribution < -0.4 is 15.5 Å². The number of pyridine rings is 1. The maximum absolute atomic E-state index is 12.9. The van der Waals surface area contributed by atoms with Crippen molar-refractivity contribution in [1.82, 2.24) is 4.98 Å². The molecule has 2 aromatic carbocycles. The molecule has 2 heterocycles. The maximum Gasteiger partial charge on any atom is 0.416 e. The minimum Gasteiger partial charge on any atom is -0.378 e. The van der Waals surface area contributed by atoms with E-state index in [2.05, 4.69) is 20.5 Å². The van der Waals surface area contributed by atoms with Crippen LogP contribution in [0.25, 0.3) is 6.08 Å². The predicted octanol–water partition coefficient (Wildman–Crippen LogP) is 4.84. The Kier molecular flexibility index (Phi) is 7.65. The summed E-state index contributed by atoms with van der Waals surface area (Å²) in [5, 5.41) is 5.14. The van der Waals surface area contributed by atoms with Gasteiger partial charge in [0.1, 0.15) is 5.82 Å². The Balaban J connectivity index is 1.35. The van der Waals surface area contributed by atoms with Crippen LogP contribution in [-0.4, -0.2) is 43.1 Å². The molecule has 7 nitrogen and oxygen atoms in total. The summed E-state index contributed by atoms with van der Waals surface area (Å²) in [4.78, 5) is 31.3. The molecule has 0 radical (unpaired) electrons. The van der Waals surface area contributed by atoms with Crippen LogP contribution in [0.3, 0.4) is 0 Å². The third kappa shape index (κ3) is 6.70. The molecule has 1 fully saturated rings. The minimum atomic E-state index is -4.51. The van der Waals surface area contributed by atoms with E-state index in [-0.39, 0.29) is 11.3 Å². The standard InChI is InChI=1S/C26H23F3N4O3/c27-26(28,29)20-5-2-6-21(16-20)31-25(35)19-4-1-3-18(15-19)7-10-24(34)32-23-9-8-22(17-30-23)33-11-13-36-14-12-33/h1-10,15-17H,11-14H2,(H,31,35)(H,30,32,34)/b10-7+. The summed E-state index contributed by atoms with van der Waals surface area (Å²) in [6.07, 6.45) is 0.0172. The molecule has 4 rings (SSSR count). The number of carbonyl (C=O) groups is 2. The fraction of sp³-hybridized carbons (Fsp3) is 0.192. The Labute approximate surface area is 205 Å². The van der Waals surface area contributed by atoms with Crippen LogP contribution in [0.5, 0.6) is 0 Å². The van der Waals surface area contributed by atoms with Gasteiger partial charge in [-0.05, 0) is 54.1 Å². The number of halogens is 3. The number of ether oxygens (including phenoxy) is 1. The second kappa shape index (κ2) is 11.0. The predicted molar refractivity (Wildman–Crippen MR) is 131 cm³/mol. The van der Waals surface area contributed by atoms with E-state index in [1.54, 1.807) is 24.4 Å². The number of morpholine rings is 1. The summed E-state index contributed by atoms with van der Waals surface area (Å²) in [6.45, 7) is 2.90. The largest absolute Gasteiger partial charge is 0.416 e. The lowest BCUT2D eigenvalue weighted by Crippen LogP contribution is -2.36. The molecule has 186 valence electrons. The van der Waals surface area contributed by atoms with E-state index in [1.165, 1.54) is 36.4 Å². The highest BCUT2D eigenvalue weighted by Gasteiger charge is 2.30. The third-order valence-electron chi connectivity index (χ3n) is 5.40. The van der Waals surface area contributed by atoms with Crippen molar-refractivity contribution in [2.24, 2.45) is 0 Å². The van der Waals surface area contributed by atoms with Gasteiger partial charge in [0.25, 0.3) is 5.91 Å². The smallest absolute Gasteiger partial charge is 0.378 e. The normalized spacial score (nSPS) is 14.0. The first-order valence-electron chi connectivity index (χ1n) is 11.1. The molecule has 36 heavy (non-hydrogen) atoms. The summed E-state index contributed by atoms with van der Waals surface area (Å²) in [5.41, 5.74) is 0.926. The van der Waals surface area contributed by atoms with Gasteiger partial charge in [-0.2, -0.15) is 13.2 Å². The molecule has 2 amide bonds. The number of nitrogens with one attached hydrogen (secondary N) is 2. The molecule has 1 aliphatic heterocycles. The van der Waals surface area contributed by atoms with E-state index in [0.29, 0.717) is 24.6 Å². The van der Waals surface area contributed by atoms with Gasteiger partial charge in [-0.15, -0.1) is 0 Å². The van der Waals surface area contributed by atoms with Gasteiger partial charge in [0, 0.05) is 30.4 Å². The Morgan fingerprint density at radius 1 is 0.972 bits per heavy atom. The Morgan fingerprint density at radius 3 is 2.47 bits per heavy atom. The van der Waals surface area contributed by atoms with Crippen LogP contribution in [-0.2, 0) is 15.7 Å². The number of anilines is 3. The molecule has 0 unspecified atom stereocenters. The lowest BCUT2D eigenvalue weighted by molar-refractivity contribution is -0.137. The van der Waals surface area contributed by atoms with Crippen molar-refractivity contribution in [3.8, 4) is 0 Å². The van der Waals surface area contributed by atoms with Crippen molar-refractivity contribution >= 4 is 35.1 Å². The molecular weight excluding hydrogens is 473 g/mol. The molecule has 10 heteroatoms. The number of amides is 2. The molecule has 0 bridgehead atoms. The van der Waals surface area contributed by atoms with Gasteiger partial charge in [0.2, 0.25) is 5.91 Å². The van der Waals surface area contributed by atoms with Crippen molar-refractivity contribution in [2.45, 2.75) is 6.18 Å². The van der Waals surface area contributed by atoms with E-state index in [0.717, 1.165) is 30.9 Å². The molecule has 3 aromatic rings. The van der Waals surface area contributed by atoms with E-state index in [1.807, 2.05) is 6.07 Å². The number of benzene rings is 2. The fourth-order valence-corrected chi connectivity index (χ4v) is 3.57. The van der Waals surface area contributed by atoms with Crippen molar-refractivity contribution < 1.29 is 27.5 Å². The van der Waals surface area contributed by atoms with Crippen molar-refractivity contribution in [3.63, 3.8) is 0 Å². The highest BCUT2D eigenvalue weighted by molar-refractivity contribution is 6.05. The van der Waals surface area contributed by atoms with Gasteiger partial charge < -0.3 is 20.3 Å². The summed E-state index contributed by atoms with van der Waals surface area (Å²) in [5.74, 6) is -0.574. The van der Waals surface area contributed by atoms with Gasteiger partial charge in [0.05, 0.1) is 30.7 Å². The highest BCUT2D eigenvalue weighted by atomic mass is 19.4. The summed E-state index contributed by atoms with van der Waals surface area (Å²) >= 11 is 0. The van der Waals surface area contributed by atoms with Gasteiger partial charge >= 0.3 is 6.18 Å². The number of carbonyl (C=O) groups excluding carboxylic acids is 2. The van der Waals surface area contributed by atoms with Gasteiger partial charge in [-0.25, -0.2) is 4.98 Å². The number of nitrogens with zero attached hydrogens (tertiary/aromatic N) is 2. The van der Waals surface area contributed by atoms with E-state index in [9.17, 15) is 22.8 Å². The van der Waals surface area contributed by atoms with E-state index >= 15 is 0 Å². The summed E-state index contributed by atoms with van der Waals surface area (Å²) < 4.78 is 44.0. The Bertz CT molecular complexity index is 1250. The third-order valence-corrected chi connectivity index (χ3v) is 5.40. The molecular formula is C26H23F3N4O3. The molecule has 0 saturated carbocycles. The summed E-state index contributed by atoms with van der Waals surface area (Å²) in [7, 11) is 0. The Hall–Kier alpha value is -4.18. The van der Waals surface area contributed by atoms with Gasteiger partial charge in [-0.3, -0.25) is 9.59 Å². The first kappa shape index (κ1) is 24.9. The average Bonchev–Trinajstić information content (AvgIpc) is 2.88. The molecule has 0 aliphatic carbocycles. The maximum atomic E-state index is 12.9. The molecule has 0 spiro atoms. The number of rotatable bonds is 6. The number of alkyl halides is 3. The van der Waals surface area contributed by atoms with Crippen molar-refractivity contribution in [1.29, 1.82) is 0 Å². The monoisotopic (exact) mass is 496 g/mol. The lowest BCUT2D eigenvalue weighted by Gasteiger charge is -2.28. The van der Waals surface area contributed by atoms with Gasteiger partial charge in [-0.1, -0.05) is 18.2 Å². The van der Waals surface area contributed by atoms with Crippen molar-refractivity contribution in [3.05, 3.63) is 89.6 Å². The van der Waals surface area contributed by atoms with Crippen LogP contribution in [0.2, 0.25) is 0 Å². The Morgan fingerprint density at radius 2 is 1.75 bits per heavy atom. The quantitative estimate of drug-likeness (QED) is 0.477. The first-order valence-corrected chi connectivity index (χ1v) is 11.1. The SMILES string of the molecule is O=C(/C=C/c1cccc(C(=O)Nc2cccc(C(F)(F)F)c2)c1)Nc1ccc(N2CCOCC2)cn1. The summed E-state index contributed by atoms with van der Waals surface area (Å²) in [6, 6.07) is 14.4. The average molecular weight is 496 g/mol. The van der Waals surface area contributed by atoms with Gasteiger partial charge in [0.15, 0.2) is 0 Å². The number of aromatic nitrogens is 1. The van der Waals surface area contributed by atoms with E-state index < -0.39 is 23.6 Å². The fourth-order valence-electron chi connectivity index (χ4n) is 3.57. The van der Waals surface area contributed by atoms with Crippen molar-refractivity contribution in [2.75, 3.05) is 41.8 Å². The molecule has 1 aromatic heterocycles. The number of hydrogen-bond donors (Lipinski definition) is 2. The molecule has 0 atom stereocenters. The molecule has 2 N–H and O–H groups in total. The zero-order valence-electron chi connectivity index (χ0n) is 19.1. The van der Waals surface area contributed by atoms with Crippen LogP contribution in [0.4, 0.5) is 30.4 Å². The highest BCUT2D eigenvalue weighted by Crippen LogP contribution is 2.30. The first-order chi connectivity index (χ1) is 17.3. The van der Waals surface area contributed by atoms with Crippen LogP contribution in [0, 0.1) is 0 Å².